The number of aromatic nitrogens is 6. The van der Waals surface area contributed by atoms with E-state index in [1.165, 1.54) is 0 Å². The van der Waals surface area contributed by atoms with Crippen molar-refractivity contribution in [2.45, 2.75) is 19.9 Å². The van der Waals surface area contributed by atoms with Crippen molar-refractivity contribution >= 4 is 23.8 Å². The summed E-state index contributed by atoms with van der Waals surface area (Å²) in [5, 5.41) is 4.47. The van der Waals surface area contributed by atoms with Crippen LogP contribution in [0.4, 0.5) is 24.8 Å². The first-order valence-corrected chi connectivity index (χ1v) is 10.5. The van der Waals surface area contributed by atoms with Gasteiger partial charge in [-0.25, -0.2) is 27.8 Å². The third kappa shape index (κ3) is 4.00. The summed E-state index contributed by atoms with van der Waals surface area (Å²) in [5.74, 6) is -1.96. The molecule has 3 aromatic heterocycles. The van der Waals surface area contributed by atoms with Gasteiger partial charge in [-0.1, -0.05) is 0 Å². The lowest BCUT2D eigenvalue weighted by Gasteiger charge is -2.27. The van der Waals surface area contributed by atoms with Gasteiger partial charge in [-0.15, -0.1) is 5.10 Å². The number of pyridine rings is 1. The number of anilines is 2. The Kier molecular flexibility index (Phi) is 5.52. The number of fused-ring (bicyclic) bond motifs is 1. The zero-order valence-electron chi connectivity index (χ0n) is 18.4. The van der Waals surface area contributed by atoms with Gasteiger partial charge in [0.2, 0.25) is 5.95 Å². The zero-order chi connectivity index (χ0) is 23.8. The van der Waals surface area contributed by atoms with Crippen molar-refractivity contribution in [3.8, 4) is 11.6 Å². The first kappa shape index (κ1) is 21.7. The minimum Gasteiger partial charge on any atom is -0.493 e. The lowest BCUT2D eigenvalue weighted by molar-refractivity contribution is 0.410. The molecule has 34 heavy (non-hydrogen) atoms. The lowest BCUT2D eigenvalue weighted by atomic mass is 10.2. The maximum atomic E-state index is 13.8. The molecule has 0 saturated carbocycles. The van der Waals surface area contributed by atoms with Crippen LogP contribution >= 0.6 is 0 Å². The molecule has 0 aliphatic carbocycles. The Balaban J connectivity index is 1.42. The van der Waals surface area contributed by atoms with Gasteiger partial charge < -0.3 is 9.64 Å². The summed E-state index contributed by atoms with van der Waals surface area (Å²) in [7, 11) is 1.57. The zero-order valence-corrected chi connectivity index (χ0v) is 18.4. The smallest absolute Gasteiger partial charge is 0.228 e. The van der Waals surface area contributed by atoms with E-state index in [4.69, 9.17) is 4.74 Å². The summed E-state index contributed by atoms with van der Waals surface area (Å²) >= 11 is 0. The molecular weight excluding hydrogens is 447 g/mol. The van der Waals surface area contributed by atoms with E-state index in [9.17, 15) is 13.2 Å². The van der Waals surface area contributed by atoms with Gasteiger partial charge in [-0.2, -0.15) is 4.98 Å². The number of hydrogen-bond acceptors (Lipinski definition) is 6. The van der Waals surface area contributed by atoms with Gasteiger partial charge in [0.1, 0.15) is 6.33 Å². The van der Waals surface area contributed by atoms with Crippen molar-refractivity contribution < 1.29 is 17.9 Å². The Bertz CT molecular complexity index is 1370. The quantitative estimate of drug-likeness (QED) is 0.408. The van der Waals surface area contributed by atoms with E-state index in [2.05, 4.69) is 20.1 Å². The molecule has 11 heteroatoms. The molecule has 0 unspecified atom stereocenters. The molecule has 5 rings (SSSR count). The summed E-state index contributed by atoms with van der Waals surface area (Å²) in [4.78, 5) is 14.8. The Morgan fingerprint density at radius 1 is 1.03 bits per heavy atom. The van der Waals surface area contributed by atoms with Gasteiger partial charge in [0, 0.05) is 43.3 Å². The highest BCUT2D eigenvalue weighted by atomic mass is 19.2. The summed E-state index contributed by atoms with van der Waals surface area (Å²) in [6, 6.07) is 3.75. The Hall–Kier alpha value is -4.15. The van der Waals surface area contributed by atoms with Gasteiger partial charge in [-0.3, -0.25) is 4.57 Å². The van der Waals surface area contributed by atoms with Crippen LogP contribution in [-0.4, -0.2) is 43.0 Å². The van der Waals surface area contributed by atoms with Crippen LogP contribution in [0.1, 0.15) is 23.5 Å². The van der Waals surface area contributed by atoms with E-state index in [1.807, 2.05) is 19.2 Å². The second kappa shape index (κ2) is 8.65. The Morgan fingerprint density at radius 3 is 2.53 bits per heavy atom. The number of imidazole rings is 1. The highest BCUT2D eigenvalue weighted by Gasteiger charge is 2.24. The van der Waals surface area contributed by atoms with E-state index >= 15 is 0 Å². The number of rotatable bonds is 5. The molecule has 0 amide bonds. The standard InChI is InChI=1S/C23H20F3N7O/c1-14-12-31(13-28-14)22-19(34-2)8-15(11-27-22)4-5-20-29-23-32(6-3-7-33(23)30-20)16-9-17(24)21(26)18(25)10-16/h4-5,8-13H,3,6-7H2,1-2H3. The van der Waals surface area contributed by atoms with Crippen molar-refractivity contribution in [2.75, 3.05) is 18.6 Å². The number of halogens is 3. The third-order valence-corrected chi connectivity index (χ3v) is 5.40. The molecule has 174 valence electrons. The first-order valence-electron chi connectivity index (χ1n) is 10.5. The van der Waals surface area contributed by atoms with Gasteiger partial charge in [0.05, 0.1) is 12.8 Å². The van der Waals surface area contributed by atoms with Crippen molar-refractivity contribution in [2.24, 2.45) is 0 Å². The van der Waals surface area contributed by atoms with Crippen LogP contribution in [0, 0.1) is 24.4 Å². The van der Waals surface area contributed by atoms with Crippen LogP contribution in [0.3, 0.4) is 0 Å². The molecule has 8 nitrogen and oxygen atoms in total. The third-order valence-electron chi connectivity index (χ3n) is 5.40. The molecular formula is C23H20F3N7O. The lowest BCUT2D eigenvalue weighted by Crippen LogP contribution is -2.29. The van der Waals surface area contributed by atoms with Crippen molar-refractivity contribution in [1.82, 2.24) is 29.3 Å². The second-order valence-corrected chi connectivity index (χ2v) is 7.77. The van der Waals surface area contributed by atoms with Crippen LogP contribution in [0.5, 0.6) is 5.75 Å². The Morgan fingerprint density at radius 2 is 1.82 bits per heavy atom. The molecule has 1 aromatic carbocycles. The van der Waals surface area contributed by atoms with E-state index < -0.39 is 17.5 Å². The van der Waals surface area contributed by atoms with E-state index in [0.717, 1.165) is 23.4 Å². The van der Waals surface area contributed by atoms with Gasteiger partial charge in [0.25, 0.3) is 0 Å². The van der Waals surface area contributed by atoms with Crippen LogP contribution < -0.4 is 9.64 Å². The molecule has 0 spiro atoms. The first-order chi connectivity index (χ1) is 16.4. The molecule has 1 aliphatic heterocycles. The van der Waals surface area contributed by atoms with Gasteiger partial charge in [-0.05, 0) is 37.1 Å². The summed E-state index contributed by atoms with van der Waals surface area (Å²) in [5.41, 5.74) is 1.81. The van der Waals surface area contributed by atoms with Crippen molar-refractivity contribution in [1.29, 1.82) is 0 Å². The number of ether oxygens (including phenoxy) is 1. The average molecular weight is 467 g/mol. The van der Waals surface area contributed by atoms with E-state index in [-0.39, 0.29) is 5.69 Å². The summed E-state index contributed by atoms with van der Waals surface area (Å²) in [6.45, 7) is 2.97. The molecule has 0 bridgehead atoms. The summed E-state index contributed by atoms with van der Waals surface area (Å²) in [6.07, 6.45) is 9.41. The topological polar surface area (TPSA) is 73.9 Å². The normalized spacial score (nSPS) is 13.5. The molecule has 4 heterocycles. The molecule has 0 radical (unpaired) electrons. The fourth-order valence-electron chi connectivity index (χ4n) is 3.79. The van der Waals surface area contributed by atoms with E-state index in [0.29, 0.717) is 42.9 Å². The minimum absolute atomic E-state index is 0.180. The van der Waals surface area contributed by atoms with Crippen LogP contribution in [0.2, 0.25) is 0 Å². The highest BCUT2D eigenvalue weighted by Crippen LogP contribution is 2.30. The van der Waals surface area contributed by atoms with Crippen molar-refractivity contribution in [3.63, 3.8) is 0 Å². The molecule has 0 atom stereocenters. The minimum atomic E-state index is -1.50. The fraction of sp³-hybridized carbons (Fsp3) is 0.217. The highest BCUT2D eigenvalue weighted by molar-refractivity contribution is 5.69. The maximum Gasteiger partial charge on any atom is 0.228 e. The van der Waals surface area contributed by atoms with Gasteiger partial charge >= 0.3 is 0 Å². The molecule has 1 aliphatic rings. The largest absolute Gasteiger partial charge is 0.493 e. The number of benzene rings is 1. The van der Waals surface area contributed by atoms with Crippen LogP contribution in [0.25, 0.3) is 18.0 Å². The van der Waals surface area contributed by atoms with E-state index in [1.54, 1.807) is 45.9 Å². The number of aryl methyl sites for hydroxylation is 2. The SMILES string of the molecule is COc1cc(C=Cc2nc3n(n2)CCCN3c2cc(F)c(F)c(F)c2)cnc1-n1cnc(C)c1. The second-order valence-electron chi connectivity index (χ2n) is 7.77. The molecule has 4 aromatic rings. The number of methoxy groups -OCH3 is 1. The average Bonchev–Trinajstić information content (AvgIpc) is 3.46. The number of nitrogens with zero attached hydrogens (tertiary/aromatic N) is 7. The summed E-state index contributed by atoms with van der Waals surface area (Å²) < 4.78 is 49.8. The maximum absolute atomic E-state index is 13.8. The predicted octanol–water partition coefficient (Wildman–Crippen LogP) is 4.31. The fourth-order valence-corrected chi connectivity index (χ4v) is 3.79. The van der Waals surface area contributed by atoms with Crippen molar-refractivity contribution in [3.05, 3.63) is 71.5 Å². The van der Waals surface area contributed by atoms with Crippen LogP contribution in [0.15, 0.2) is 36.9 Å². The molecule has 0 saturated heterocycles. The number of hydrogen-bond donors (Lipinski definition) is 0. The van der Waals surface area contributed by atoms with Gasteiger partial charge in [0.15, 0.2) is 34.8 Å². The van der Waals surface area contributed by atoms with Crippen LogP contribution in [-0.2, 0) is 6.54 Å². The molecule has 0 N–H and O–H groups in total. The predicted molar refractivity (Wildman–Crippen MR) is 120 cm³/mol. The Labute approximate surface area is 193 Å². The monoisotopic (exact) mass is 467 g/mol. The molecule has 0 fully saturated rings.